The van der Waals surface area contributed by atoms with E-state index in [4.69, 9.17) is 38.5 Å². The Kier molecular flexibility index (Phi) is 126. The van der Waals surface area contributed by atoms with Crippen molar-refractivity contribution in [3.8, 4) is 0 Å². The van der Waals surface area contributed by atoms with Gasteiger partial charge in [0.25, 0.3) is 0 Å². The SMILES string of the molecule is BrCC1CO1.CSCCN.CSCCNCC(O)CBr.CSCCNCC(O)CNCCCNCCCCNCCCN.NCCCNCCCCNCCCN.NCCS.[Au].[Au].[Au].[Au]. The van der Waals surface area contributed by atoms with E-state index in [1.807, 2.05) is 18.0 Å². The number of nitrogens with two attached hydrogens (primary N) is 5. The number of alkyl halides is 2. The van der Waals surface area contributed by atoms with Crippen molar-refractivity contribution in [2.45, 2.75) is 69.7 Å². The van der Waals surface area contributed by atoms with Gasteiger partial charge in [0.15, 0.2) is 0 Å². The van der Waals surface area contributed by atoms with E-state index in [0.717, 1.165) is 159 Å². The molecule has 0 bridgehead atoms. The molecule has 0 aromatic carbocycles. The molecule has 3 atom stereocenters. The van der Waals surface area contributed by atoms with Crippen LogP contribution in [-0.2, 0) is 94.3 Å². The van der Waals surface area contributed by atoms with E-state index in [2.05, 4.69) is 94.2 Å². The maximum Gasteiger partial charge on any atom is 0.0906 e. The second kappa shape index (κ2) is 91.4. The van der Waals surface area contributed by atoms with Gasteiger partial charge in [-0.25, -0.2) is 0 Å². The third-order valence-corrected chi connectivity index (χ3v) is 11.2. The molecular formula is C40H100Au4Br2N12O3S4. The predicted octanol–water partition coefficient (Wildman–Crippen LogP) is 0.879. The molecule has 1 saturated heterocycles. The van der Waals surface area contributed by atoms with Crippen LogP contribution in [0.4, 0.5) is 0 Å². The zero-order valence-corrected chi connectivity index (χ0v) is 55.3. The van der Waals surface area contributed by atoms with Crippen molar-refractivity contribution in [3.63, 3.8) is 0 Å². The third kappa shape index (κ3) is 110. The van der Waals surface area contributed by atoms with E-state index in [9.17, 15) is 5.11 Å². The van der Waals surface area contributed by atoms with Crippen molar-refractivity contribution in [2.75, 3.05) is 183 Å². The Hall–Kier alpha value is 4.72. The van der Waals surface area contributed by atoms with Gasteiger partial charge in [-0.1, -0.05) is 31.9 Å². The summed E-state index contributed by atoms with van der Waals surface area (Å²) in [5.74, 6) is 4.07. The van der Waals surface area contributed by atoms with Crippen LogP contribution in [-0.4, -0.2) is 212 Å². The Morgan fingerprint density at radius 3 is 1.05 bits per heavy atom. The Morgan fingerprint density at radius 1 is 0.492 bits per heavy atom. The van der Waals surface area contributed by atoms with Crippen molar-refractivity contribution in [2.24, 2.45) is 28.7 Å². The number of aliphatic hydroxyl groups excluding tert-OH is 2. The molecule has 1 fully saturated rings. The number of halogens is 2. The summed E-state index contributed by atoms with van der Waals surface area (Å²) in [7, 11) is 0. The van der Waals surface area contributed by atoms with Gasteiger partial charge in [0.05, 0.1) is 24.9 Å². The first-order chi connectivity index (χ1) is 29.8. The summed E-state index contributed by atoms with van der Waals surface area (Å²) in [6.07, 6.45) is 15.4. The molecule has 0 aromatic heterocycles. The first-order valence-corrected chi connectivity index (χ1v) is 29.5. The van der Waals surface area contributed by atoms with Crippen LogP contribution in [0, 0.1) is 0 Å². The van der Waals surface area contributed by atoms with Crippen LogP contribution in [0.15, 0.2) is 0 Å². The number of hydrogen-bond donors (Lipinski definition) is 15. The van der Waals surface area contributed by atoms with Gasteiger partial charge in [0, 0.05) is 169 Å². The fraction of sp³-hybridized carbons (Fsp3) is 1.00. The first-order valence-electron chi connectivity index (χ1n) is 22.4. The minimum atomic E-state index is -0.295. The minimum absolute atomic E-state index is 0. The van der Waals surface area contributed by atoms with Gasteiger partial charge in [-0.3, -0.25) is 0 Å². The molecule has 0 amide bonds. The molecule has 1 aliphatic rings. The molecule has 0 spiro atoms. The Bertz CT molecular complexity index is 714. The number of thiol groups is 1. The zero-order chi connectivity index (χ0) is 46.6. The van der Waals surface area contributed by atoms with Crippen LogP contribution in [0.3, 0.4) is 0 Å². The van der Waals surface area contributed by atoms with Gasteiger partial charge in [0.2, 0.25) is 0 Å². The molecule has 19 N–H and O–H groups in total. The van der Waals surface area contributed by atoms with Crippen molar-refractivity contribution in [1.82, 2.24) is 37.2 Å². The molecule has 15 nitrogen and oxygen atoms in total. The number of thioether (sulfide) groups is 3. The molecule has 65 heavy (non-hydrogen) atoms. The normalized spacial score (nSPS) is 12.6. The predicted molar refractivity (Wildman–Crippen MR) is 291 cm³/mol. The van der Waals surface area contributed by atoms with Crippen LogP contribution in [0.2, 0.25) is 0 Å². The standard InChI is InChI=1S/C16H39N5OS.C10H26N4.C6H14BrNOS.C3H5BrO.C3H9NS.C2H7NS.4Au/c1-23-13-12-21-15-16(22)14-20-11-5-10-19-8-3-2-7-18-9-4-6-17;11-5-3-9-13-7-1-2-8-14-10-4-6-12;1-10-3-2-8-5-6(9)4-7;4-1-3-2-5-3;1-5-3-2-4;3-1-2-4;;;;/h16,18-22H,2-15,17H2,1H3;13-14H,1-12H2;6,8-9H,2-5H2,1H3;3H,1-2H2;2-4H2,1H3;4H,1-3H2;;;;. The van der Waals surface area contributed by atoms with Crippen LogP contribution in [0.1, 0.15) is 51.4 Å². The second-order valence-electron chi connectivity index (χ2n) is 13.7. The van der Waals surface area contributed by atoms with Crippen LogP contribution in [0.5, 0.6) is 0 Å². The average Bonchev–Trinajstić information content (AvgIpc) is 4.13. The van der Waals surface area contributed by atoms with Crippen LogP contribution in [0.25, 0.3) is 0 Å². The van der Waals surface area contributed by atoms with Crippen molar-refractivity contribution in [1.29, 1.82) is 0 Å². The average molecular weight is 1870 g/mol. The number of unbranched alkanes of at least 4 members (excludes halogenated alkanes) is 2. The maximum absolute atomic E-state index is 9.77. The monoisotopic (exact) mass is 1870 g/mol. The molecule has 0 saturated carbocycles. The number of aliphatic hydroxyl groups is 2. The van der Waals surface area contributed by atoms with Crippen molar-refractivity contribution < 1.29 is 104 Å². The molecule has 1 aliphatic heterocycles. The van der Waals surface area contributed by atoms with Gasteiger partial charge in [-0.2, -0.15) is 47.9 Å². The van der Waals surface area contributed by atoms with E-state index >= 15 is 0 Å². The fourth-order valence-electron chi connectivity index (χ4n) is 4.08. The summed E-state index contributed by atoms with van der Waals surface area (Å²) in [5, 5.41) is 43.7. The topological polar surface area (TPSA) is 267 Å². The second-order valence-corrected chi connectivity index (χ2v) is 18.4. The number of hydrogen-bond acceptors (Lipinski definition) is 19. The summed E-state index contributed by atoms with van der Waals surface area (Å²) in [5.41, 5.74) is 26.3. The zero-order valence-electron chi connectivity index (χ0n) is 40.1. The van der Waals surface area contributed by atoms with Gasteiger partial charge >= 0.3 is 0 Å². The molecule has 1 heterocycles. The smallest absolute Gasteiger partial charge is 0.0906 e. The first kappa shape index (κ1) is 89.3. The maximum atomic E-state index is 9.77. The van der Waals surface area contributed by atoms with Gasteiger partial charge in [-0.15, -0.1) is 0 Å². The summed E-state index contributed by atoms with van der Waals surface area (Å²) in [6, 6.07) is 0. The molecule has 420 valence electrons. The number of ether oxygens (including phenoxy) is 1. The largest absolute Gasteiger partial charge is 0.391 e. The van der Waals surface area contributed by atoms with E-state index in [-0.39, 0.29) is 102 Å². The van der Waals surface area contributed by atoms with Crippen molar-refractivity contribution >= 4 is 79.8 Å². The summed E-state index contributed by atoms with van der Waals surface area (Å²) in [4.78, 5) is 0. The van der Waals surface area contributed by atoms with Gasteiger partial charge < -0.3 is 80.8 Å². The summed E-state index contributed by atoms with van der Waals surface area (Å²) in [6.45, 7) is 18.3. The Morgan fingerprint density at radius 2 is 0.800 bits per heavy atom. The quantitative estimate of drug-likeness (QED) is 0.0134. The van der Waals surface area contributed by atoms with Gasteiger partial charge in [-0.05, 0) is 149 Å². The number of rotatable bonds is 40. The molecule has 25 heteroatoms. The number of epoxide rings is 1. The molecule has 0 aromatic rings. The molecule has 1 rings (SSSR count). The van der Waals surface area contributed by atoms with Crippen molar-refractivity contribution in [3.05, 3.63) is 0 Å². The minimum Gasteiger partial charge on any atom is -0.391 e. The van der Waals surface area contributed by atoms with Crippen LogP contribution >= 0.6 is 79.8 Å². The van der Waals surface area contributed by atoms with E-state index < -0.39 is 0 Å². The molecule has 4 radical (unpaired) electrons. The van der Waals surface area contributed by atoms with Gasteiger partial charge in [0.1, 0.15) is 0 Å². The third-order valence-electron chi connectivity index (χ3n) is 7.60. The van der Waals surface area contributed by atoms with E-state index in [1.165, 1.54) is 25.7 Å². The van der Waals surface area contributed by atoms with E-state index in [1.54, 1.807) is 23.5 Å². The van der Waals surface area contributed by atoms with Crippen LogP contribution < -0.4 is 65.9 Å². The Balaban J connectivity index is -0.0000000913. The number of nitrogens with one attached hydrogen (secondary N) is 7. The molecule has 0 aliphatic carbocycles. The molecular weight excluding hydrogens is 1770 g/mol. The molecule has 3 unspecified atom stereocenters. The summed E-state index contributed by atoms with van der Waals surface area (Å²) >= 11 is 15.6. The summed E-state index contributed by atoms with van der Waals surface area (Å²) < 4.78 is 4.81. The fourth-order valence-corrected chi connectivity index (χ4v) is 5.61. The Labute approximate surface area is 497 Å². The van der Waals surface area contributed by atoms with E-state index in [0.29, 0.717) is 37.6 Å².